The Bertz CT molecular complexity index is 2900. The molecule has 0 saturated heterocycles. The number of rotatable bonds is 4. The van der Waals surface area contributed by atoms with Gasteiger partial charge in [0.15, 0.2) is 0 Å². The summed E-state index contributed by atoms with van der Waals surface area (Å²) in [5, 5.41) is 34.1. The van der Waals surface area contributed by atoms with Crippen LogP contribution < -0.4 is 0 Å². The van der Waals surface area contributed by atoms with E-state index in [1.54, 1.807) is 0 Å². The lowest BCUT2D eigenvalue weighted by molar-refractivity contribution is 1.18. The normalized spacial score (nSPS) is 11.1. The van der Waals surface area contributed by atoms with Crippen LogP contribution in [0.4, 0.5) is 0 Å². The van der Waals surface area contributed by atoms with Gasteiger partial charge in [-0.15, -0.1) is 0 Å². The molecule has 0 aliphatic heterocycles. The second-order valence-corrected chi connectivity index (χ2v) is 12.4. The van der Waals surface area contributed by atoms with Crippen LogP contribution >= 0.6 is 0 Å². The monoisotopic (exact) mass is 635 g/mol. The average Bonchev–Trinajstić information content (AvgIpc) is 3.70. The smallest absolute Gasteiger partial charge is 0.0992 e. The molecule has 0 radical (unpaired) electrons. The maximum atomic E-state index is 10.2. The molecule has 0 bridgehead atoms. The molecule has 5 heteroatoms. The van der Waals surface area contributed by atoms with Crippen LogP contribution in [0.1, 0.15) is 16.7 Å². The highest BCUT2D eigenvalue weighted by Crippen LogP contribution is 2.39. The molecule has 9 aromatic rings. The summed E-state index contributed by atoms with van der Waals surface area (Å²) >= 11 is 0. The van der Waals surface area contributed by atoms with E-state index in [9.17, 15) is 15.8 Å². The lowest BCUT2D eigenvalue weighted by Crippen LogP contribution is -1.99. The maximum absolute atomic E-state index is 10.2. The zero-order valence-electron chi connectivity index (χ0n) is 26.7. The predicted molar refractivity (Wildman–Crippen MR) is 200 cm³/mol. The number of para-hydroxylation sites is 3. The molecular weight excluding hydrogens is 611 g/mol. The first-order valence-electron chi connectivity index (χ1n) is 16.3. The van der Waals surface area contributed by atoms with Crippen LogP contribution in [0, 0.1) is 34.0 Å². The first-order chi connectivity index (χ1) is 24.6. The van der Waals surface area contributed by atoms with Gasteiger partial charge in [-0.05, 0) is 95.6 Å². The Hall–Kier alpha value is -7.39. The van der Waals surface area contributed by atoms with Crippen LogP contribution in [0.2, 0.25) is 0 Å². The van der Waals surface area contributed by atoms with Gasteiger partial charge < -0.3 is 9.13 Å². The standard InChI is InChI=1S/C45H25N5/c46-26-29-14-20-44-40(23-29)39-9-3-4-10-41(39)49(44)35-17-15-32(16-18-35)33-21-31(28-48)22-34(25-33)36-19-13-30(27-47)24-45(36)50-42-11-5-1-7-37(42)38-8-2-6-12-43(38)50/h1-25H. The Labute approximate surface area is 287 Å². The van der Waals surface area contributed by atoms with Gasteiger partial charge in [0.2, 0.25) is 0 Å². The SMILES string of the molecule is N#Cc1cc(-c2ccc(-n3c4ccccc4c4cc(C#N)ccc43)cc2)cc(-c2ccc(C#N)cc2-n2c3ccccc3c3ccccc32)c1. The van der Waals surface area contributed by atoms with Crippen molar-refractivity contribution in [2.24, 2.45) is 0 Å². The summed E-state index contributed by atoms with van der Waals surface area (Å²) in [7, 11) is 0. The summed E-state index contributed by atoms with van der Waals surface area (Å²) in [6.45, 7) is 0. The molecular formula is C45H25N5. The maximum Gasteiger partial charge on any atom is 0.0992 e. The van der Waals surface area contributed by atoms with Crippen LogP contribution in [0.5, 0.6) is 0 Å². The van der Waals surface area contributed by atoms with Crippen molar-refractivity contribution in [3.63, 3.8) is 0 Å². The van der Waals surface area contributed by atoms with Crippen LogP contribution in [0.3, 0.4) is 0 Å². The van der Waals surface area contributed by atoms with Crippen molar-refractivity contribution < 1.29 is 0 Å². The van der Waals surface area contributed by atoms with Crippen molar-refractivity contribution in [2.45, 2.75) is 0 Å². The molecule has 0 fully saturated rings. The summed E-state index contributed by atoms with van der Waals surface area (Å²) in [5.41, 5.74) is 11.5. The molecule has 0 unspecified atom stereocenters. The molecule has 0 N–H and O–H groups in total. The molecule has 5 nitrogen and oxygen atoms in total. The van der Waals surface area contributed by atoms with Gasteiger partial charge in [0.05, 0.1) is 62.7 Å². The lowest BCUT2D eigenvalue weighted by atomic mass is 9.94. The Morgan fingerprint density at radius 2 is 0.880 bits per heavy atom. The molecule has 0 amide bonds. The average molecular weight is 636 g/mol. The minimum absolute atomic E-state index is 0.551. The molecule has 0 atom stereocenters. The van der Waals surface area contributed by atoms with Gasteiger partial charge in [-0.25, -0.2) is 0 Å². The second-order valence-electron chi connectivity index (χ2n) is 12.4. The van der Waals surface area contributed by atoms with E-state index >= 15 is 0 Å². The lowest BCUT2D eigenvalue weighted by Gasteiger charge is -2.16. The van der Waals surface area contributed by atoms with E-state index in [0.717, 1.165) is 77.2 Å². The number of hydrogen-bond acceptors (Lipinski definition) is 3. The molecule has 0 spiro atoms. The van der Waals surface area contributed by atoms with Gasteiger partial charge in [0.1, 0.15) is 0 Å². The third-order valence-electron chi connectivity index (χ3n) is 9.58. The van der Waals surface area contributed by atoms with E-state index in [1.165, 1.54) is 0 Å². The molecule has 230 valence electrons. The van der Waals surface area contributed by atoms with Gasteiger partial charge in [0, 0.05) is 32.8 Å². The summed E-state index contributed by atoms with van der Waals surface area (Å²) < 4.78 is 4.45. The summed E-state index contributed by atoms with van der Waals surface area (Å²) in [6, 6.07) is 57.8. The van der Waals surface area contributed by atoms with Crippen molar-refractivity contribution in [2.75, 3.05) is 0 Å². The number of nitriles is 3. The van der Waals surface area contributed by atoms with E-state index in [-0.39, 0.29) is 0 Å². The van der Waals surface area contributed by atoms with Crippen molar-refractivity contribution in [3.05, 3.63) is 168 Å². The van der Waals surface area contributed by atoms with Crippen molar-refractivity contribution in [1.82, 2.24) is 9.13 Å². The quantitative estimate of drug-likeness (QED) is 0.193. The molecule has 7 aromatic carbocycles. The number of benzene rings is 7. The van der Waals surface area contributed by atoms with Crippen LogP contribution in [-0.2, 0) is 0 Å². The Morgan fingerprint density at radius 3 is 1.52 bits per heavy atom. The Morgan fingerprint density at radius 1 is 0.360 bits per heavy atom. The van der Waals surface area contributed by atoms with Crippen molar-refractivity contribution >= 4 is 43.6 Å². The summed E-state index contributed by atoms with van der Waals surface area (Å²) in [4.78, 5) is 0. The highest BCUT2D eigenvalue weighted by molar-refractivity contribution is 6.10. The minimum Gasteiger partial charge on any atom is -0.309 e. The molecule has 0 saturated carbocycles. The third-order valence-corrected chi connectivity index (χ3v) is 9.58. The zero-order valence-corrected chi connectivity index (χ0v) is 26.7. The van der Waals surface area contributed by atoms with Gasteiger partial charge >= 0.3 is 0 Å². The van der Waals surface area contributed by atoms with E-state index < -0.39 is 0 Å². The number of fused-ring (bicyclic) bond motifs is 6. The fourth-order valence-electron chi connectivity index (χ4n) is 7.35. The van der Waals surface area contributed by atoms with Crippen LogP contribution in [0.25, 0.3) is 77.2 Å². The first kappa shape index (κ1) is 28.8. The number of nitrogens with zero attached hydrogens (tertiary/aromatic N) is 5. The third kappa shape index (κ3) is 4.45. The van der Waals surface area contributed by atoms with Crippen molar-refractivity contribution in [1.29, 1.82) is 15.8 Å². The minimum atomic E-state index is 0.551. The molecule has 0 aliphatic carbocycles. The van der Waals surface area contributed by atoms with E-state index in [2.05, 4.69) is 94.1 Å². The largest absolute Gasteiger partial charge is 0.309 e. The van der Waals surface area contributed by atoms with E-state index in [1.807, 2.05) is 84.9 Å². The van der Waals surface area contributed by atoms with Gasteiger partial charge in [-0.3, -0.25) is 0 Å². The Balaban J connectivity index is 1.20. The summed E-state index contributed by atoms with van der Waals surface area (Å²) in [6.07, 6.45) is 0. The fourth-order valence-corrected chi connectivity index (χ4v) is 7.35. The van der Waals surface area contributed by atoms with Gasteiger partial charge in [-0.1, -0.05) is 72.8 Å². The van der Waals surface area contributed by atoms with Crippen LogP contribution in [-0.4, -0.2) is 9.13 Å². The topological polar surface area (TPSA) is 81.2 Å². The fraction of sp³-hybridized carbons (Fsp3) is 0. The molecule has 2 heterocycles. The zero-order chi connectivity index (χ0) is 33.8. The van der Waals surface area contributed by atoms with E-state index in [0.29, 0.717) is 16.7 Å². The summed E-state index contributed by atoms with van der Waals surface area (Å²) in [5.74, 6) is 0. The highest BCUT2D eigenvalue weighted by Gasteiger charge is 2.18. The molecule has 0 aliphatic rings. The van der Waals surface area contributed by atoms with Crippen molar-refractivity contribution in [3.8, 4) is 51.8 Å². The Kier molecular flexibility index (Phi) is 6.56. The van der Waals surface area contributed by atoms with Gasteiger partial charge in [0.25, 0.3) is 0 Å². The second kappa shape index (κ2) is 11.4. The first-order valence-corrected chi connectivity index (χ1v) is 16.3. The molecule has 2 aromatic heterocycles. The predicted octanol–water partition coefficient (Wildman–Crippen LogP) is 10.8. The highest BCUT2D eigenvalue weighted by atomic mass is 15.0. The molecule has 50 heavy (non-hydrogen) atoms. The van der Waals surface area contributed by atoms with Crippen LogP contribution in [0.15, 0.2) is 152 Å². The van der Waals surface area contributed by atoms with Gasteiger partial charge in [-0.2, -0.15) is 15.8 Å². The number of aromatic nitrogens is 2. The number of hydrogen-bond donors (Lipinski definition) is 0. The van der Waals surface area contributed by atoms with E-state index in [4.69, 9.17) is 0 Å². The molecule has 9 rings (SSSR count).